The van der Waals surface area contributed by atoms with E-state index in [2.05, 4.69) is 6.07 Å². The van der Waals surface area contributed by atoms with Gasteiger partial charge in [0.2, 0.25) is 6.10 Å². The minimum atomic E-state index is -0.839. The number of nitriles is 1. The summed E-state index contributed by atoms with van der Waals surface area (Å²) in [5.74, 6) is -0.342. The van der Waals surface area contributed by atoms with Crippen LogP contribution in [-0.4, -0.2) is 46.8 Å². The maximum Gasteiger partial charge on any atom is 0.289 e. The number of carbonyl (C=O) groups is 2. The Bertz CT molecular complexity index is 1280. The summed E-state index contributed by atoms with van der Waals surface area (Å²) in [7, 11) is 0. The number of halogens is 2. The van der Waals surface area contributed by atoms with Crippen LogP contribution in [0.2, 0.25) is 5.02 Å². The molecule has 2 fully saturated rings. The number of amides is 2. The lowest BCUT2D eigenvalue weighted by Crippen LogP contribution is -2.65. The van der Waals surface area contributed by atoms with Crippen molar-refractivity contribution in [2.75, 3.05) is 13.1 Å². The lowest BCUT2D eigenvalue weighted by atomic mass is 9.86. The monoisotopic (exact) mass is 493 g/mol. The fraction of sp³-hybridized carbons (Fsp3) is 0.269. The van der Waals surface area contributed by atoms with E-state index in [1.165, 1.54) is 18.4 Å². The molecule has 35 heavy (non-hydrogen) atoms. The van der Waals surface area contributed by atoms with Gasteiger partial charge in [-0.05, 0) is 60.9 Å². The first-order valence-electron chi connectivity index (χ1n) is 11.2. The van der Waals surface area contributed by atoms with E-state index >= 15 is 0 Å². The molecule has 0 saturated carbocycles. The predicted octanol–water partition coefficient (Wildman–Crippen LogP) is 4.58. The second kappa shape index (κ2) is 9.43. The van der Waals surface area contributed by atoms with E-state index in [9.17, 15) is 14.0 Å². The Morgan fingerprint density at radius 2 is 1.89 bits per heavy atom. The van der Waals surface area contributed by atoms with Crippen LogP contribution in [-0.2, 0) is 4.79 Å². The zero-order valence-corrected chi connectivity index (χ0v) is 19.3. The Labute approximate surface area is 206 Å². The van der Waals surface area contributed by atoms with Crippen LogP contribution >= 0.6 is 11.6 Å². The first-order chi connectivity index (χ1) is 17.0. The van der Waals surface area contributed by atoms with Gasteiger partial charge in [0.05, 0.1) is 22.9 Å². The number of benzene rings is 2. The van der Waals surface area contributed by atoms with Crippen molar-refractivity contribution in [2.24, 2.45) is 0 Å². The number of rotatable bonds is 5. The molecule has 9 heteroatoms. The van der Waals surface area contributed by atoms with Gasteiger partial charge in [0.1, 0.15) is 17.6 Å². The molecule has 2 saturated heterocycles. The fourth-order valence-electron chi connectivity index (χ4n) is 4.71. The van der Waals surface area contributed by atoms with Crippen LogP contribution in [0.1, 0.15) is 40.6 Å². The molecule has 2 aromatic carbocycles. The van der Waals surface area contributed by atoms with Gasteiger partial charge >= 0.3 is 0 Å². The highest BCUT2D eigenvalue weighted by Gasteiger charge is 2.53. The first-order valence-corrected chi connectivity index (χ1v) is 11.6. The summed E-state index contributed by atoms with van der Waals surface area (Å²) in [6, 6.07) is 15.7. The first kappa shape index (κ1) is 22.9. The molecule has 2 aliphatic rings. The summed E-state index contributed by atoms with van der Waals surface area (Å²) in [4.78, 5) is 29.4. The molecule has 0 unspecified atom stereocenters. The number of likely N-dealkylation sites (tertiary alicyclic amines) is 2. The summed E-state index contributed by atoms with van der Waals surface area (Å²) in [5, 5.41) is 9.23. The normalized spacial score (nSPS) is 20.3. The average molecular weight is 494 g/mol. The van der Waals surface area contributed by atoms with Gasteiger partial charge in [-0.15, -0.1) is 0 Å². The second-order valence-corrected chi connectivity index (χ2v) is 8.95. The molecule has 0 N–H and O–H groups in total. The van der Waals surface area contributed by atoms with Crippen molar-refractivity contribution in [3.8, 4) is 11.8 Å². The average Bonchev–Trinajstić information content (AvgIpc) is 3.42. The van der Waals surface area contributed by atoms with Crippen molar-refractivity contribution in [1.29, 1.82) is 5.26 Å². The van der Waals surface area contributed by atoms with Crippen molar-refractivity contribution in [3.63, 3.8) is 0 Å². The van der Waals surface area contributed by atoms with Gasteiger partial charge in [-0.2, -0.15) is 5.26 Å². The molecule has 0 spiro atoms. The maximum atomic E-state index is 13.5. The summed E-state index contributed by atoms with van der Waals surface area (Å²) < 4.78 is 24.7. The van der Waals surface area contributed by atoms with Crippen LogP contribution in [0.15, 0.2) is 65.3 Å². The molecule has 1 aromatic heterocycles. The van der Waals surface area contributed by atoms with Crippen molar-refractivity contribution < 1.29 is 23.1 Å². The Hall–Kier alpha value is -3.83. The number of β-lactam (4-membered cyclic amide) rings is 1. The largest absolute Gasteiger partial charge is 0.476 e. The van der Waals surface area contributed by atoms with Gasteiger partial charge in [0, 0.05) is 19.1 Å². The number of nitrogens with zero attached hydrogens (tertiary/aromatic N) is 3. The number of piperidine rings is 1. The second-order valence-electron chi connectivity index (χ2n) is 8.54. The lowest BCUT2D eigenvalue weighted by molar-refractivity contribution is -0.171. The molecule has 0 bridgehead atoms. The molecule has 5 rings (SSSR count). The molecule has 7 nitrogen and oxygen atoms in total. The zero-order valence-electron chi connectivity index (χ0n) is 18.6. The Morgan fingerprint density at radius 1 is 1.14 bits per heavy atom. The van der Waals surface area contributed by atoms with E-state index < -0.39 is 18.0 Å². The number of hydrogen-bond acceptors (Lipinski definition) is 5. The summed E-state index contributed by atoms with van der Waals surface area (Å²) in [5.41, 5.74) is 1.33. The molecule has 2 aliphatic heterocycles. The Morgan fingerprint density at radius 3 is 2.51 bits per heavy atom. The Balaban J connectivity index is 1.35. The third-order valence-electron chi connectivity index (χ3n) is 6.49. The van der Waals surface area contributed by atoms with Gasteiger partial charge in [0.15, 0.2) is 5.76 Å². The molecule has 178 valence electrons. The van der Waals surface area contributed by atoms with E-state index in [1.807, 2.05) is 0 Å². The fourth-order valence-corrected chi connectivity index (χ4v) is 4.92. The van der Waals surface area contributed by atoms with Crippen molar-refractivity contribution in [3.05, 3.63) is 88.6 Å². The van der Waals surface area contributed by atoms with E-state index in [0.29, 0.717) is 37.3 Å². The smallest absolute Gasteiger partial charge is 0.289 e. The molecule has 3 aromatic rings. The van der Waals surface area contributed by atoms with E-state index in [1.54, 1.807) is 46.2 Å². The maximum absolute atomic E-state index is 13.5. The number of hydrogen-bond donors (Lipinski definition) is 0. The van der Waals surface area contributed by atoms with Crippen LogP contribution < -0.4 is 4.74 Å². The van der Waals surface area contributed by atoms with Crippen LogP contribution in [0.4, 0.5) is 4.39 Å². The number of carbonyl (C=O) groups excluding carboxylic acids is 2. The molecule has 2 atom stereocenters. The van der Waals surface area contributed by atoms with Crippen LogP contribution in [0, 0.1) is 17.1 Å². The van der Waals surface area contributed by atoms with Crippen molar-refractivity contribution >= 4 is 23.4 Å². The van der Waals surface area contributed by atoms with Crippen molar-refractivity contribution in [2.45, 2.75) is 31.0 Å². The van der Waals surface area contributed by atoms with Gasteiger partial charge in [0.25, 0.3) is 11.8 Å². The van der Waals surface area contributed by atoms with Crippen molar-refractivity contribution in [1.82, 2.24) is 9.80 Å². The van der Waals surface area contributed by atoms with Gasteiger partial charge < -0.3 is 19.0 Å². The predicted molar refractivity (Wildman–Crippen MR) is 124 cm³/mol. The summed E-state index contributed by atoms with van der Waals surface area (Å²) in [6.45, 7) is 0.979. The summed E-state index contributed by atoms with van der Waals surface area (Å²) >= 11 is 6.14. The number of furan rings is 1. The zero-order chi connectivity index (χ0) is 24.5. The SMILES string of the molecule is N#Cc1ccc([C@H]2[C@H](Oc3ccc(F)cc3Cl)C(=O)N2C2CCN(C(=O)c3ccco3)CC2)cc1. The Kier molecular flexibility index (Phi) is 6.18. The highest BCUT2D eigenvalue weighted by Crippen LogP contribution is 2.42. The molecule has 3 heterocycles. The van der Waals surface area contributed by atoms with E-state index in [4.69, 9.17) is 26.0 Å². The topological polar surface area (TPSA) is 86.8 Å². The van der Waals surface area contributed by atoms with E-state index in [-0.39, 0.29) is 28.6 Å². The van der Waals surface area contributed by atoms with E-state index in [0.717, 1.165) is 11.6 Å². The third kappa shape index (κ3) is 4.35. The molecule has 0 aliphatic carbocycles. The van der Waals surface area contributed by atoms with Gasteiger partial charge in [-0.25, -0.2) is 4.39 Å². The summed E-state index contributed by atoms with van der Waals surface area (Å²) in [6.07, 6.45) is 1.84. The molecular weight excluding hydrogens is 473 g/mol. The lowest BCUT2D eigenvalue weighted by Gasteiger charge is -2.52. The standard InChI is InChI=1S/C26H21ClFN3O4/c27-20-14-18(28)7-8-21(20)35-24-23(17-5-3-16(15-29)4-6-17)31(26(24)33)19-9-11-30(12-10-19)25(32)22-2-1-13-34-22/h1-8,13-14,19,23-24H,9-12H2/t23-,24-/m0/s1. The number of ether oxygens (including phenoxy) is 1. The molecule has 0 radical (unpaired) electrons. The minimum absolute atomic E-state index is 0.0829. The van der Waals surface area contributed by atoms with Crippen LogP contribution in [0.25, 0.3) is 0 Å². The minimum Gasteiger partial charge on any atom is -0.476 e. The molecular formula is C26H21ClFN3O4. The molecule has 2 amide bonds. The highest BCUT2D eigenvalue weighted by atomic mass is 35.5. The van der Waals surface area contributed by atoms with Gasteiger partial charge in [-0.3, -0.25) is 9.59 Å². The third-order valence-corrected chi connectivity index (χ3v) is 6.79. The van der Waals surface area contributed by atoms with Crippen LogP contribution in [0.5, 0.6) is 5.75 Å². The highest BCUT2D eigenvalue weighted by molar-refractivity contribution is 6.32. The van der Waals surface area contributed by atoms with Crippen LogP contribution in [0.3, 0.4) is 0 Å². The quantitative estimate of drug-likeness (QED) is 0.485. The van der Waals surface area contributed by atoms with Gasteiger partial charge in [-0.1, -0.05) is 23.7 Å².